The number of sulfonamides is 1. The van der Waals surface area contributed by atoms with E-state index in [1.54, 1.807) is 25.1 Å². The Morgan fingerprint density at radius 3 is 2.50 bits per heavy atom. The number of carbonyl (C=O) groups is 1. The monoisotopic (exact) mass is 482 g/mol. The number of anilines is 1. The van der Waals surface area contributed by atoms with Gasteiger partial charge >= 0.3 is 0 Å². The van der Waals surface area contributed by atoms with Gasteiger partial charge in [-0.25, -0.2) is 8.42 Å². The summed E-state index contributed by atoms with van der Waals surface area (Å²) in [5.74, 6) is 1.12. The Morgan fingerprint density at radius 1 is 1.19 bits per heavy atom. The van der Waals surface area contributed by atoms with Crippen molar-refractivity contribution in [2.75, 3.05) is 30.9 Å². The van der Waals surface area contributed by atoms with E-state index in [-0.39, 0.29) is 12.1 Å². The third-order valence-electron chi connectivity index (χ3n) is 5.13. The van der Waals surface area contributed by atoms with Gasteiger partial charge in [-0.2, -0.15) is 0 Å². The lowest BCUT2D eigenvalue weighted by Gasteiger charge is -2.32. The molecule has 1 N–H and O–H groups in total. The number of benzene rings is 2. The Hall–Kier alpha value is -2.65. The third kappa shape index (κ3) is 5.21. The van der Waals surface area contributed by atoms with Gasteiger partial charge in [0, 0.05) is 5.02 Å². The van der Waals surface area contributed by atoms with Crippen LogP contribution in [-0.2, 0) is 14.8 Å². The molecular weight excluding hydrogens is 456 g/mol. The lowest BCUT2D eigenvalue weighted by Crippen LogP contribution is -2.49. The number of rotatable bonds is 8. The Labute approximate surface area is 193 Å². The average Bonchev–Trinajstić information content (AvgIpc) is 2.75. The van der Waals surface area contributed by atoms with Gasteiger partial charge in [0.15, 0.2) is 11.5 Å². The highest BCUT2D eigenvalue weighted by Gasteiger charge is 2.34. The summed E-state index contributed by atoms with van der Waals surface area (Å²) in [5.41, 5.74) is 1.01. The maximum atomic E-state index is 13.2. The van der Waals surface area contributed by atoms with Gasteiger partial charge in [0.25, 0.3) is 0 Å². The Balaban J connectivity index is 1.89. The molecule has 0 aromatic heterocycles. The van der Waals surface area contributed by atoms with Crippen molar-refractivity contribution in [1.82, 2.24) is 5.32 Å². The molecule has 0 bridgehead atoms. The van der Waals surface area contributed by atoms with Crippen LogP contribution in [0, 0.1) is 0 Å². The normalized spacial score (nSPS) is 14.9. The first-order valence-corrected chi connectivity index (χ1v) is 12.4. The summed E-state index contributed by atoms with van der Waals surface area (Å²) in [5, 5.41) is 3.24. The molecule has 0 aliphatic carbocycles. The Kier molecular flexibility index (Phi) is 7.40. The number of halogens is 1. The minimum Gasteiger partial charge on any atom is -0.495 e. The number of hydrogen-bond acceptors (Lipinski definition) is 6. The van der Waals surface area contributed by atoms with Gasteiger partial charge in [-0.1, -0.05) is 24.6 Å². The first-order chi connectivity index (χ1) is 15.2. The van der Waals surface area contributed by atoms with Crippen LogP contribution < -0.4 is 23.8 Å². The number of carbonyl (C=O) groups excluding carboxylic acids is 1. The number of ether oxygens (including phenoxy) is 3. The maximum Gasteiger partial charge on any atom is 0.244 e. The summed E-state index contributed by atoms with van der Waals surface area (Å²) in [6.45, 7) is 4.51. The van der Waals surface area contributed by atoms with Gasteiger partial charge in [-0.05, 0) is 49.2 Å². The van der Waals surface area contributed by atoms with Crippen molar-refractivity contribution < 1.29 is 27.4 Å². The maximum absolute atomic E-state index is 13.2. The second-order valence-corrected chi connectivity index (χ2v) is 9.73. The quantitative estimate of drug-likeness (QED) is 0.618. The van der Waals surface area contributed by atoms with Crippen molar-refractivity contribution in [3.05, 3.63) is 47.0 Å². The molecule has 0 radical (unpaired) electrons. The fourth-order valence-corrected chi connectivity index (χ4v) is 4.97. The summed E-state index contributed by atoms with van der Waals surface area (Å²) >= 11 is 6.12. The topological polar surface area (TPSA) is 94.2 Å². The van der Waals surface area contributed by atoms with Crippen LogP contribution in [0.3, 0.4) is 0 Å². The smallest absolute Gasteiger partial charge is 0.244 e. The van der Waals surface area contributed by atoms with Crippen molar-refractivity contribution in [3.63, 3.8) is 0 Å². The predicted molar refractivity (Wildman–Crippen MR) is 123 cm³/mol. The molecule has 0 saturated carbocycles. The van der Waals surface area contributed by atoms with Crippen LogP contribution in [-0.4, -0.2) is 46.9 Å². The number of fused-ring (bicyclic) bond motifs is 1. The van der Waals surface area contributed by atoms with Gasteiger partial charge in [0.2, 0.25) is 15.9 Å². The fourth-order valence-electron chi connectivity index (χ4n) is 3.59. The minimum atomic E-state index is -3.84. The number of methoxy groups -OCH3 is 1. The highest BCUT2D eigenvalue weighted by molar-refractivity contribution is 7.92. The molecule has 32 heavy (non-hydrogen) atoms. The molecule has 1 aliphatic rings. The van der Waals surface area contributed by atoms with Crippen molar-refractivity contribution in [3.8, 4) is 17.2 Å². The van der Waals surface area contributed by atoms with E-state index in [1.807, 2.05) is 19.1 Å². The lowest BCUT2D eigenvalue weighted by molar-refractivity contribution is -0.122. The van der Waals surface area contributed by atoms with Crippen LogP contribution in [0.2, 0.25) is 5.02 Å². The first-order valence-electron chi connectivity index (χ1n) is 10.2. The highest BCUT2D eigenvalue weighted by Crippen LogP contribution is 2.35. The molecule has 0 saturated heterocycles. The molecule has 1 amide bonds. The van der Waals surface area contributed by atoms with Crippen molar-refractivity contribution in [2.45, 2.75) is 32.4 Å². The van der Waals surface area contributed by atoms with E-state index in [0.717, 1.165) is 16.1 Å². The zero-order chi connectivity index (χ0) is 23.5. The molecule has 3 rings (SSSR count). The van der Waals surface area contributed by atoms with E-state index in [2.05, 4.69) is 5.32 Å². The highest BCUT2D eigenvalue weighted by atomic mass is 35.5. The van der Waals surface area contributed by atoms with E-state index in [4.69, 9.17) is 25.8 Å². The first kappa shape index (κ1) is 24.0. The predicted octanol–water partition coefficient (Wildman–Crippen LogP) is 3.54. The van der Waals surface area contributed by atoms with E-state index >= 15 is 0 Å². The summed E-state index contributed by atoms with van der Waals surface area (Å²) < 4.78 is 43.0. The van der Waals surface area contributed by atoms with E-state index in [9.17, 15) is 13.2 Å². The van der Waals surface area contributed by atoms with E-state index < -0.39 is 28.0 Å². The average molecular weight is 483 g/mol. The largest absolute Gasteiger partial charge is 0.495 e. The van der Waals surface area contributed by atoms with Gasteiger partial charge in [-0.15, -0.1) is 0 Å². The number of hydrogen-bond donors (Lipinski definition) is 1. The van der Waals surface area contributed by atoms with E-state index in [0.29, 0.717) is 35.5 Å². The molecule has 2 atom stereocenters. The van der Waals surface area contributed by atoms with Gasteiger partial charge in [-0.3, -0.25) is 9.10 Å². The summed E-state index contributed by atoms with van der Waals surface area (Å²) in [4.78, 5) is 13.2. The van der Waals surface area contributed by atoms with Crippen LogP contribution in [0.5, 0.6) is 17.2 Å². The molecule has 8 nitrogen and oxygen atoms in total. The number of amides is 1. The minimum absolute atomic E-state index is 0.205. The zero-order valence-electron chi connectivity index (χ0n) is 18.4. The van der Waals surface area contributed by atoms with Crippen molar-refractivity contribution in [2.24, 2.45) is 0 Å². The molecule has 0 fully saturated rings. The van der Waals surface area contributed by atoms with Gasteiger partial charge < -0.3 is 19.5 Å². The van der Waals surface area contributed by atoms with Gasteiger partial charge in [0.1, 0.15) is 25.0 Å². The van der Waals surface area contributed by atoms with E-state index in [1.165, 1.54) is 13.2 Å². The van der Waals surface area contributed by atoms with Gasteiger partial charge in [0.05, 0.1) is 25.1 Å². The molecular formula is C22H27ClN2O6S. The molecule has 2 aromatic carbocycles. The molecule has 1 heterocycles. The summed E-state index contributed by atoms with van der Waals surface area (Å²) in [6, 6.07) is 8.69. The van der Waals surface area contributed by atoms with Crippen molar-refractivity contribution in [1.29, 1.82) is 0 Å². The SMILES string of the molecule is CC[C@@H](C(=O)N[C@H](C)c1ccc2c(c1)OCCO2)N(c1cc(Cl)ccc1OC)S(C)(=O)=O. The second-order valence-electron chi connectivity index (χ2n) is 7.43. The molecule has 10 heteroatoms. The van der Waals surface area contributed by atoms with Crippen LogP contribution in [0.4, 0.5) is 5.69 Å². The molecule has 1 aliphatic heterocycles. The standard InChI is InChI=1S/C22H27ClN2O6S/c1-5-17(25(32(4,27)28)18-13-16(23)7-9-19(18)29-3)22(26)24-14(2)15-6-8-20-21(12-15)31-11-10-30-20/h6-9,12-14,17H,5,10-11H2,1-4H3,(H,24,26)/t14-,17+/m1/s1. The summed E-state index contributed by atoms with van der Waals surface area (Å²) in [7, 11) is -2.41. The Morgan fingerprint density at radius 2 is 1.88 bits per heavy atom. The van der Waals surface area contributed by atoms with Crippen LogP contribution in [0.15, 0.2) is 36.4 Å². The van der Waals surface area contributed by atoms with Crippen molar-refractivity contribution >= 4 is 33.2 Å². The lowest BCUT2D eigenvalue weighted by atomic mass is 10.1. The summed E-state index contributed by atoms with van der Waals surface area (Å²) in [6.07, 6.45) is 1.29. The zero-order valence-corrected chi connectivity index (χ0v) is 20.0. The van der Waals surface area contributed by atoms with Crippen LogP contribution in [0.25, 0.3) is 0 Å². The third-order valence-corrected chi connectivity index (χ3v) is 6.53. The Bertz CT molecular complexity index is 1090. The van der Waals surface area contributed by atoms with Crippen LogP contribution >= 0.6 is 11.6 Å². The number of nitrogens with one attached hydrogen (secondary N) is 1. The van der Waals surface area contributed by atoms with Crippen LogP contribution in [0.1, 0.15) is 31.9 Å². The fraction of sp³-hybridized carbons (Fsp3) is 0.409. The molecule has 2 aromatic rings. The molecule has 174 valence electrons. The number of nitrogens with zero attached hydrogens (tertiary/aromatic N) is 1. The second kappa shape index (κ2) is 9.87. The molecule has 0 unspecified atom stereocenters. The molecule has 0 spiro atoms.